The molecule has 19 heavy (non-hydrogen) atoms. The molecule has 104 valence electrons. The first kappa shape index (κ1) is 12.9. The Hall–Kier alpha value is -1.09. The Morgan fingerprint density at radius 2 is 2.05 bits per heavy atom. The van der Waals surface area contributed by atoms with Crippen LogP contribution in [-0.2, 0) is 6.54 Å². The number of anilines is 1. The number of hydrogen-bond donors (Lipinski definition) is 1. The van der Waals surface area contributed by atoms with Gasteiger partial charge in [0.25, 0.3) is 0 Å². The molecule has 3 rings (SSSR count). The second-order valence-electron chi connectivity index (χ2n) is 6.14. The zero-order chi connectivity index (χ0) is 13.2. The summed E-state index contributed by atoms with van der Waals surface area (Å²) in [5, 5.41) is 0. The maximum atomic E-state index is 5.70. The first-order valence-corrected chi connectivity index (χ1v) is 7.72. The van der Waals surface area contributed by atoms with Crippen LogP contribution in [0.25, 0.3) is 0 Å². The summed E-state index contributed by atoms with van der Waals surface area (Å²) in [6.07, 6.45) is 10.3. The van der Waals surface area contributed by atoms with E-state index in [0.717, 1.165) is 17.5 Å². The zero-order valence-corrected chi connectivity index (χ0v) is 11.9. The maximum absolute atomic E-state index is 5.70. The molecule has 1 aliphatic heterocycles. The molecule has 1 aromatic heterocycles. The van der Waals surface area contributed by atoms with Gasteiger partial charge >= 0.3 is 0 Å². The molecule has 3 nitrogen and oxygen atoms in total. The average Bonchev–Trinajstić information content (AvgIpc) is 2.46. The number of hydrogen-bond acceptors (Lipinski definition) is 3. The molecule has 2 heterocycles. The van der Waals surface area contributed by atoms with E-state index in [2.05, 4.69) is 17.9 Å². The van der Waals surface area contributed by atoms with E-state index in [-0.39, 0.29) is 0 Å². The van der Waals surface area contributed by atoms with Crippen LogP contribution >= 0.6 is 0 Å². The van der Waals surface area contributed by atoms with Crippen LogP contribution < -0.4 is 10.6 Å². The predicted octanol–water partition coefficient (Wildman–Crippen LogP) is 3.01. The molecule has 2 atom stereocenters. The summed E-state index contributed by atoms with van der Waals surface area (Å²) < 4.78 is 0. The van der Waals surface area contributed by atoms with Gasteiger partial charge in [-0.2, -0.15) is 0 Å². The van der Waals surface area contributed by atoms with Gasteiger partial charge in [0.1, 0.15) is 5.82 Å². The van der Waals surface area contributed by atoms with Crippen molar-refractivity contribution >= 4 is 5.82 Å². The van der Waals surface area contributed by atoms with E-state index in [1.807, 2.05) is 6.20 Å². The highest BCUT2D eigenvalue weighted by Crippen LogP contribution is 2.37. The lowest BCUT2D eigenvalue weighted by Gasteiger charge is -2.45. The van der Waals surface area contributed by atoms with Gasteiger partial charge in [-0.25, -0.2) is 4.98 Å². The van der Waals surface area contributed by atoms with Crippen LogP contribution in [0.15, 0.2) is 12.3 Å². The molecule has 1 aromatic rings. The third kappa shape index (κ3) is 2.48. The second kappa shape index (κ2) is 5.49. The number of pyridine rings is 1. The van der Waals surface area contributed by atoms with E-state index < -0.39 is 0 Å². The van der Waals surface area contributed by atoms with Crippen LogP contribution in [0.5, 0.6) is 0 Å². The molecule has 0 amide bonds. The van der Waals surface area contributed by atoms with Crippen LogP contribution in [0.2, 0.25) is 0 Å². The molecule has 0 radical (unpaired) electrons. The second-order valence-corrected chi connectivity index (χ2v) is 6.14. The Kier molecular flexibility index (Phi) is 3.74. The third-order valence-electron chi connectivity index (χ3n) is 4.86. The topological polar surface area (TPSA) is 42.1 Å². The van der Waals surface area contributed by atoms with Gasteiger partial charge < -0.3 is 10.6 Å². The summed E-state index contributed by atoms with van der Waals surface area (Å²) in [4.78, 5) is 7.30. The lowest BCUT2D eigenvalue weighted by atomic mass is 9.78. The van der Waals surface area contributed by atoms with Crippen molar-refractivity contribution in [2.45, 2.75) is 58.0 Å². The molecule has 0 aromatic carbocycles. The third-order valence-corrected chi connectivity index (χ3v) is 4.86. The van der Waals surface area contributed by atoms with Crippen LogP contribution in [-0.4, -0.2) is 17.6 Å². The molecule has 1 aliphatic carbocycles. The van der Waals surface area contributed by atoms with Gasteiger partial charge in [-0.1, -0.05) is 12.8 Å². The molecule has 2 N–H and O–H groups in total. The molecule has 2 fully saturated rings. The van der Waals surface area contributed by atoms with Gasteiger partial charge in [-0.3, -0.25) is 0 Å². The van der Waals surface area contributed by atoms with Crippen LogP contribution in [0, 0.1) is 12.8 Å². The summed E-state index contributed by atoms with van der Waals surface area (Å²) in [6, 6.07) is 2.94. The van der Waals surface area contributed by atoms with Crippen molar-refractivity contribution in [1.29, 1.82) is 0 Å². The largest absolute Gasteiger partial charge is 0.353 e. The molecule has 1 saturated heterocycles. The van der Waals surface area contributed by atoms with Crippen molar-refractivity contribution in [3.63, 3.8) is 0 Å². The number of nitrogens with zero attached hydrogens (tertiary/aromatic N) is 2. The predicted molar refractivity (Wildman–Crippen MR) is 79.2 cm³/mol. The number of piperidine rings is 1. The smallest absolute Gasteiger partial charge is 0.131 e. The molecule has 3 heteroatoms. The number of aromatic nitrogens is 1. The number of aryl methyl sites for hydroxylation is 1. The lowest BCUT2D eigenvalue weighted by Crippen LogP contribution is -2.47. The highest BCUT2D eigenvalue weighted by atomic mass is 15.2. The van der Waals surface area contributed by atoms with E-state index >= 15 is 0 Å². The van der Waals surface area contributed by atoms with Crippen molar-refractivity contribution in [3.8, 4) is 0 Å². The van der Waals surface area contributed by atoms with Crippen molar-refractivity contribution in [2.24, 2.45) is 11.7 Å². The molecular formula is C16H25N3. The van der Waals surface area contributed by atoms with Crippen LogP contribution in [0.4, 0.5) is 5.82 Å². The normalized spacial score (nSPS) is 27.2. The Labute approximate surface area is 116 Å². The number of rotatable bonds is 2. The Bertz CT molecular complexity index is 442. The van der Waals surface area contributed by atoms with E-state index in [1.165, 1.54) is 56.5 Å². The van der Waals surface area contributed by atoms with Crippen molar-refractivity contribution < 1.29 is 0 Å². The summed E-state index contributed by atoms with van der Waals surface area (Å²) in [7, 11) is 0. The molecule has 2 aliphatic rings. The fourth-order valence-corrected chi connectivity index (χ4v) is 3.93. The van der Waals surface area contributed by atoms with Gasteiger partial charge in [0.05, 0.1) is 0 Å². The van der Waals surface area contributed by atoms with Crippen LogP contribution in [0.1, 0.15) is 49.7 Å². The Morgan fingerprint density at radius 3 is 2.84 bits per heavy atom. The fraction of sp³-hybridized carbons (Fsp3) is 0.688. The van der Waals surface area contributed by atoms with E-state index in [4.69, 9.17) is 10.7 Å². The fourth-order valence-electron chi connectivity index (χ4n) is 3.93. The molecular weight excluding hydrogens is 234 g/mol. The van der Waals surface area contributed by atoms with Gasteiger partial charge in [-0.15, -0.1) is 0 Å². The summed E-state index contributed by atoms with van der Waals surface area (Å²) in [5.74, 6) is 2.10. The number of nitrogens with two attached hydrogens (primary N) is 1. The van der Waals surface area contributed by atoms with Crippen molar-refractivity contribution in [2.75, 3.05) is 11.4 Å². The highest BCUT2D eigenvalue weighted by Gasteiger charge is 2.34. The first-order chi connectivity index (χ1) is 9.29. The summed E-state index contributed by atoms with van der Waals surface area (Å²) in [6.45, 7) is 3.94. The van der Waals surface area contributed by atoms with Gasteiger partial charge in [-0.05, 0) is 55.7 Å². The van der Waals surface area contributed by atoms with E-state index in [9.17, 15) is 0 Å². The summed E-state index contributed by atoms with van der Waals surface area (Å²) in [5.41, 5.74) is 8.12. The lowest BCUT2D eigenvalue weighted by molar-refractivity contribution is 0.242. The van der Waals surface area contributed by atoms with Gasteiger partial charge in [0.2, 0.25) is 0 Å². The SMILES string of the molecule is Cc1cc(CN)cnc1N1CCC[C@H]2CCCC[C@H]21. The molecule has 1 saturated carbocycles. The minimum Gasteiger partial charge on any atom is -0.353 e. The van der Waals surface area contributed by atoms with Gasteiger partial charge in [0, 0.05) is 25.3 Å². The van der Waals surface area contributed by atoms with Crippen molar-refractivity contribution in [1.82, 2.24) is 4.98 Å². The Balaban J connectivity index is 1.87. The minimum atomic E-state index is 0.584. The quantitative estimate of drug-likeness (QED) is 0.887. The van der Waals surface area contributed by atoms with E-state index in [1.54, 1.807) is 0 Å². The minimum absolute atomic E-state index is 0.584. The monoisotopic (exact) mass is 259 g/mol. The zero-order valence-electron chi connectivity index (χ0n) is 11.9. The standard InChI is InChI=1S/C16H25N3/c1-12-9-13(10-17)11-18-16(12)19-8-4-6-14-5-2-3-7-15(14)19/h9,11,14-15H,2-8,10,17H2,1H3/t14-,15-/m1/s1. The van der Waals surface area contributed by atoms with Crippen LogP contribution in [0.3, 0.4) is 0 Å². The number of fused-ring (bicyclic) bond motifs is 1. The highest BCUT2D eigenvalue weighted by molar-refractivity contribution is 5.49. The summed E-state index contributed by atoms with van der Waals surface area (Å²) >= 11 is 0. The molecule has 0 bridgehead atoms. The van der Waals surface area contributed by atoms with E-state index in [0.29, 0.717) is 6.54 Å². The molecule has 0 unspecified atom stereocenters. The first-order valence-electron chi connectivity index (χ1n) is 7.72. The maximum Gasteiger partial charge on any atom is 0.131 e. The molecule has 0 spiro atoms. The average molecular weight is 259 g/mol. The van der Waals surface area contributed by atoms with Crippen molar-refractivity contribution in [3.05, 3.63) is 23.4 Å². The Morgan fingerprint density at radius 1 is 1.26 bits per heavy atom. The van der Waals surface area contributed by atoms with Gasteiger partial charge in [0.15, 0.2) is 0 Å².